The first-order valence-corrected chi connectivity index (χ1v) is 8.91. The van der Waals surface area contributed by atoms with Crippen LogP contribution >= 0.6 is 0 Å². The molecule has 2 heterocycles. The molecule has 138 valence electrons. The molecule has 0 fully saturated rings. The number of hydrogen-bond acceptors (Lipinski definition) is 4. The lowest BCUT2D eigenvalue weighted by molar-refractivity contribution is 0.0623. The van der Waals surface area contributed by atoms with Crippen molar-refractivity contribution >= 4 is 28.3 Å². The van der Waals surface area contributed by atoms with Gasteiger partial charge in [-0.25, -0.2) is 0 Å². The first kappa shape index (κ1) is 17.3. The molecule has 27 heavy (non-hydrogen) atoms. The lowest BCUT2D eigenvalue weighted by Crippen LogP contribution is -2.35. The molecular weight excluding hydrogens is 342 g/mol. The summed E-state index contributed by atoms with van der Waals surface area (Å²) in [7, 11) is 0. The molecule has 2 aromatic carbocycles. The van der Waals surface area contributed by atoms with Gasteiger partial charge < -0.3 is 14.5 Å². The molecule has 0 aliphatic carbocycles. The second-order valence-electron chi connectivity index (χ2n) is 7.65. The Morgan fingerprint density at radius 1 is 1.07 bits per heavy atom. The van der Waals surface area contributed by atoms with Crippen molar-refractivity contribution in [1.29, 1.82) is 0 Å². The summed E-state index contributed by atoms with van der Waals surface area (Å²) in [6.45, 7) is 7.56. The highest BCUT2D eigenvalue weighted by Gasteiger charge is 2.35. The Kier molecular flexibility index (Phi) is 3.84. The van der Waals surface area contributed by atoms with Gasteiger partial charge in [-0.2, -0.15) is 0 Å². The van der Waals surface area contributed by atoms with Crippen molar-refractivity contribution in [1.82, 2.24) is 0 Å². The van der Waals surface area contributed by atoms with Crippen molar-refractivity contribution in [3.63, 3.8) is 0 Å². The Morgan fingerprint density at radius 2 is 1.78 bits per heavy atom. The molecule has 0 bridgehead atoms. The number of anilines is 1. The fourth-order valence-corrected chi connectivity index (χ4v) is 3.53. The van der Waals surface area contributed by atoms with Crippen molar-refractivity contribution in [2.75, 3.05) is 5.32 Å². The zero-order chi connectivity index (χ0) is 19.3. The number of hydrogen-bond donors (Lipinski definition) is 1. The summed E-state index contributed by atoms with van der Waals surface area (Å²) in [6.07, 6.45) is 0.286. The van der Waals surface area contributed by atoms with E-state index in [4.69, 9.17) is 9.15 Å². The van der Waals surface area contributed by atoms with E-state index in [0.29, 0.717) is 33.5 Å². The third-order valence-electron chi connectivity index (χ3n) is 4.82. The molecule has 0 radical (unpaired) electrons. The summed E-state index contributed by atoms with van der Waals surface area (Å²) in [5.74, 6) is 0.404. The molecule has 0 unspecified atom stereocenters. The minimum Gasteiger partial charge on any atom is -0.487 e. The number of carbonyl (C=O) groups excluding carboxylic acids is 2. The Bertz CT molecular complexity index is 1070. The molecule has 0 spiro atoms. The first-order valence-electron chi connectivity index (χ1n) is 8.91. The van der Waals surface area contributed by atoms with Crippen molar-refractivity contribution in [2.24, 2.45) is 0 Å². The normalized spacial score (nSPS) is 15.3. The van der Waals surface area contributed by atoms with Crippen LogP contribution in [0.5, 0.6) is 5.75 Å². The molecule has 3 aromatic rings. The van der Waals surface area contributed by atoms with Crippen LogP contribution in [0.1, 0.15) is 52.3 Å². The highest BCUT2D eigenvalue weighted by molar-refractivity contribution is 6.14. The molecular formula is C22H21NO4. The molecule has 1 N–H and O–H groups in total. The summed E-state index contributed by atoms with van der Waals surface area (Å²) in [5, 5.41) is 3.50. The van der Waals surface area contributed by atoms with E-state index in [0.717, 1.165) is 5.56 Å². The van der Waals surface area contributed by atoms with E-state index < -0.39 is 5.60 Å². The minimum absolute atomic E-state index is 0.00115. The van der Waals surface area contributed by atoms with E-state index in [9.17, 15) is 9.59 Å². The maximum Gasteiger partial charge on any atom is 0.291 e. The van der Waals surface area contributed by atoms with Gasteiger partial charge in [0.05, 0.1) is 12.0 Å². The van der Waals surface area contributed by atoms with Crippen molar-refractivity contribution in [3.8, 4) is 5.75 Å². The Labute approximate surface area is 157 Å². The predicted molar refractivity (Wildman–Crippen MR) is 104 cm³/mol. The van der Waals surface area contributed by atoms with Crippen molar-refractivity contribution in [2.45, 2.75) is 39.7 Å². The largest absolute Gasteiger partial charge is 0.487 e. The standard InChI is InChI=1S/C22H21NO4/c1-12-5-7-14(8-6-12)23-21(25)20-13(2)18-16(26-20)9-10-17-19(18)15(24)11-22(3,4)27-17/h5-10H,11H2,1-4H3,(H,23,25). The second-order valence-corrected chi connectivity index (χ2v) is 7.65. The van der Waals surface area contributed by atoms with Gasteiger partial charge in [-0.15, -0.1) is 0 Å². The fraction of sp³-hybridized carbons (Fsp3) is 0.273. The van der Waals surface area contributed by atoms with Gasteiger partial charge in [0.2, 0.25) is 0 Å². The van der Waals surface area contributed by atoms with E-state index >= 15 is 0 Å². The van der Waals surface area contributed by atoms with Gasteiger partial charge in [0.25, 0.3) is 5.91 Å². The second kappa shape index (κ2) is 5.98. The summed E-state index contributed by atoms with van der Waals surface area (Å²) >= 11 is 0. The van der Waals surface area contributed by atoms with Crippen LogP contribution in [-0.2, 0) is 0 Å². The predicted octanol–water partition coefficient (Wildman–Crippen LogP) is 5.05. The molecule has 5 nitrogen and oxygen atoms in total. The molecule has 0 saturated carbocycles. The van der Waals surface area contributed by atoms with E-state index in [-0.39, 0.29) is 23.9 Å². The third-order valence-corrected chi connectivity index (χ3v) is 4.82. The lowest BCUT2D eigenvalue weighted by Gasteiger charge is -2.31. The number of aryl methyl sites for hydroxylation is 2. The fourth-order valence-electron chi connectivity index (χ4n) is 3.53. The molecule has 0 atom stereocenters. The smallest absolute Gasteiger partial charge is 0.291 e. The van der Waals surface area contributed by atoms with Crippen LogP contribution in [0.2, 0.25) is 0 Å². The SMILES string of the molecule is Cc1ccc(NC(=O)c2oc3ccc4c(c3c2C)C(=O)CC(C)(C)O4)cc1. The van der Waals surface area contributed by atoms with Crippen molar-refractivity contribution < 1.29 is 18.7 Å². The monoisotopic (exact) mass is 363 g/mol. The highest BCUT2D eigenvalue weighted by atomic mass is 16.5. The number of rotatable bonds is 2. The minimum atomic E-state index is -0.541. The number of ketones is 1. The molecule has 1 aromatic heterocycles. The molecule has 1 aliphatic rings. The summed E-state index contributed by atoms with van der Waals surface area (Å²) < 4.78 is 11.8. The average Bonchev–Trinajstić information content (AvgIpc) is 2.93. The Hall–Kier alpha value is -3.08. The van der Waals surface area contributed by atoms with E-state index in [2.05, 4.69) is 5.32 Å². The Balaban J connectivity index is 1.77. The van der Waals surface area contributed by atoms with Crippen molar-refractivity contribution in [3.05, 3.63) is 58.8 Å². The molecule has 4 rings (SSSR count). The zero-order valence-electron chi connectivity index (χ0n) is 15.8. The third kappa shape index (κ3) is 2.99. The summed E-state index contributed by atoms with van der Waals surface area (Å²) in [6, 6.07) is 11.0. The van der Waals surface area contributed by atoms with Crippen LogP contribution in [0.4, 0.5) is 5.69 Å². The topological polar surface area (TPSA) is 68.5 Å². The number of ether oxygens (including phenoxy) is 1. The van der Waals surface area contributed by atoms with Gasteiger partial charge in [0, 0.05) is 16.6 Å². The van der Waals surface area contributed by atoms with Gasteiger partial charge in [0.1, 0.15) is 16.9 Å². The zero-order valence-corrected chi connectivity index (χ0v) is 15.8. The van der Waals surface area contributed by atoms with E-state index in [1.165, 1.54) is 0 Å². The summed E-state index contributed by atoms with van der Waals surface area (Å²) in [4.78, 5) is 25.5. The van der Waals surface area contributed by atoms with Crippen LogP contribution in [0, 0.1) is 13.8 Å². The number of Topliss-reactive ketones (excluding diaryl/α,β-unsaturated/α-hetero) is 1. The highest BCUT2D eigenvalue weighted by Crippen LogP contribution is 2.40. The molecule has 5 heteroatoms. The molecule has 0 saturated heterocycles. The number of nitrogens with one attached hydrogen (secondary N) is 1. The van der Waals surface area contributed by atoms with Gasteiger partial charge in [-0.05, 0) is 52.0 Å². The van der Waals surface area contributed by atoms with Gasteiger partial charge in [-0.1, -0.05) is 17.7 Å². The summed E-state index contributed by atoms with van der Waals surface area (Å²) in [5.41, 5.74) is 2.92. The quantitative estimate of drug-likeness (QED) is 0.692. The number of furan rings is 1. The van der Waals surface area contributed by atoms with E-state index in [1.54, 1.807) is 19.1 Å². The van der Waals surface area contributed by atoms with Gasteiger partial charge >= 0.3 is 0 Å². The Morgan fingerprint density at radius 3 is 2.48 bits per heavy atom. The van der Waals surface area contributed by atoms with Crippen LogP contribution in [0.15, 0.2) is 40.8 Å². The van der Waals surface area contributed by atoms with Crippen LogP contribution < -0.4 is 10.1 Å². The van der Waals surface area contributed by atoms with Crippen LogP contribution in [0.3, 0.4) is 0 Å². The van der Waals surface area contributed by atoms with E-state index in [1.807, 2.05) is 45.0 Å². The van der Waals surface area contributed by atoms with Crippen LogP contribution in [0.25, 0.3) is 11.0 Å². The number of carbonyl (C=O) groups is 2. The van der Waals surface area contributed by atoms with Gasteiger partial charge in [0.15, 0.2) is 11.5 Å². The number of benzene rings is 2. The first-order chi connectivity index (χ1) is 12.7. The number of amides is 1. The maximum atomic E-state index is 12.7. The average molecular weight is 363 g/mol. The van der Waals surface area contributed by atoms with Gasteiger partial charge in [-0.3, -0.25) is 9.59 Å². The number of fused-ring (bicyclic) bond motifs is 3. The van der Waals surface area contributed by atoms with Crippen LogP contribution in [-0.4, -0.2) is 17.3 Å². The molecule has 1 aliphatic heterocycles. The molecule has 1 amide bonds. The lowest BCUT2D eigenvalue weighted by atomic mass is 9.90. The maximum absolute atomic E-state index is 12.7.